The lowest BCUT2D eigenvalue weighted by Gasteiger charge is -2.07. The van der Waals surface area contributed by atoms with Gasteiger partial charge in [0, 0.05) is 16.5 Å². The molecule has 4 nitrogen and oxygen atoms in total. The van der Waals surface area contributed by atoms with E-state index in [4.69, 9.17) is 16.3 Å². The van der Waals surface area contributed by atoms with E-state index in [1.807, 2.05) is 24.3 Å². The van der Waals surface area contributed by atoms with Crippen molar-refractivity contribution < 1.29 is 9.53 Å². The molecule has 3 aromatic rings. The number of hydrogen-bond acceptors (Lipinski definition) is 3. The second-order valence-corrected chi connectivity index (χ2v) is 5.47. The summed E-state index contributed by atoms with van der Waals surface area (Å²) in [5, 5.41) is 1.18. The average Bonchev–Trinajstić information content (AvgIpc) is 2.55. The highest BCUT2D eigenvalue weighted by Crippen LogP contribution is 2.24. The summed E-state index contributed by atoms with van der Waals surface area (Å²) in [4.78, 5) is 27.0. The van der Waals surface area contributed by atoms with E-state index in [0.717, 1.165) is 11.1 Å². The number of H-pyrrole nitrogens is 1. The molecule has 0 spiro atoms. The van der Waals surface area contributed by atoms with Crippen molar-refractivity contribution in [3.8, 4) is 11.1 Å². The zero-order valence-electron chi connectivity index (χ0n) is 12.4. The fourth-order valence-electron chi connectivity index (χ4n) is 2.39. The first-order chi connectivity index (χ1) is 11.1. The minimum absolute atomic E-state index is 0.151. The summed E-state index contributed by atoms with van der Waals surface area (Å²) in [5.41, 5.74) is 2.42. The number of esters is 1. The molecule has 0 saturated carbocycles. The first-order valence-electron chi connectivity index (χ1n) is 7.18. The van der Waals surface area contributed by atoms with E-state index in [9.17, 15) is 9.59 Å². The highest BCUT2D eigenvalue weighted by Gasteiger charge is 2.11. The normalized spacial score (nSPS) is 10.7. The number of ether oxygens (including phenoxy) is 1. The van der Waals surface area contributed by atoms with Gasteiger partial charge in [-0.25, -0.2) is 4.79 Å². The average molecular weight is 328 g/mol. The quantitative estimate of drug-likeness (QED) is 0.739. The van der Waals surface area contributed by atoms with Crippen molar-refractivity contribution in [2.24, 2.45) is 0 Å². The molecule has 0 bridgehead atoms. The van der Waals surface area contributed by atoms with Gasteiger partial charge in [0.25, 0.3) is 0 Å². The summed E-state index contributed by atoms with van der Waals surface area (Å²) >= 11 is 5.90. The summed E-state index contributed by atoms with van der Waals surface area (Å²) in [7, 11) is 0. The van der Waals surface area contributed by atoms with E-state index in [-0.39, 0.29) is 17.7 Å². The van der Waals surface area contributed by atoms with Crippen LogP contribution in [-0.2, 0) is 4.74 Å². The van der Waals surface area contributed by atoms with Gasteiger partial charge in [0.2, 0.25) is 0 Å². The molecule has 23 heavy (non-hydrogen) atoms. The van der Waals surface area contributed by atoms with Crippen LogP contribution in [0.5, 0.6) is 0 Å². The third-order valence-corrected chi connectivity index (χ3v) is 3.75. The molecule has 0 aliphatic heterocycles. The molecule has 0 fully saturated rings. The number of aromatic nitrogens is 1. The summed E-state index contributed by atoms with van der Waals surface area (Å²) in [6.45, 7) is 1.97. The van der Waals surface area contributed by atoms with Gasteiger partial charge in [0.15, 0.2) is 5.43 Å². The highest BCUT2D eigenvalue weighted by molar-refractivity contribution is 6.30. The maximum Gasteiger partial charge on any atom is 0.354 e. The second-order valence-electron chi connectivity index (χ2n) is 5.03. The third-order valence-electron chi connectivity index (χ3n) is 3.50. The summed E-state index contributed by atoms with van der Waals surface area (Å²) < 4.78 is 4.94. The van der Waals surface area contributed by atoms with Crippen molar-refractivity contribution in [3.63, 3.8) is 0 Å². The van der Waals surface area contributed by atoms with Gasteiger partial charge in [-0.2, -0.15) is 0 Å². The molecular formula is C18H14ClNO3. The van der Waals surface area contributed by atoms with E-state index < -0.39 is 5.97 Å². The van der Waals surface area contributed by atoms with Crippen LogP contribution < -0.4 is 5.43 Å². The standard InChI is InChI=1S/C18H14ClNO3/c1-2-23-18(22)16-10-17(21)14-8-5-12(9-15(14)20-16)11-3-6-13(19)7-4-11/h3-10H,2H2,1H3,(H,20,21). The zero-order chi connectivity index (χ0) is 16.4. The van der Waals surface area contributed by atoms with Crippen LogP contribution in [0.2, 0.25) is 5.02 Å². The number of aromatic amines is 1. The largest absolute Gasteiger partial charge is 0.461 e. The van der Waals surface area contributed by atoms with Gasteiger partial charge in [-0.05, 0) is 42.3 Å². The molecule has 1 heterocycles. The lowest BCUT2D eigenvalue weighted by molar-refractivity contribution is 0.0520. The second kappa shape index (κ2) is 6.26. The number of nitrogens with one attached hydrogen (secondary N) is 1. The number of benzene rings is 2. The van der Waals surface area contributed by atoms with Gasteiger partial charge in [0.05, 0.1) is 12.1 Å². The van der Waals surface area contributed by atoms with Crippen LogP contribution in [0.25, 0.3) is 22.0 Å². The smallest absolute Gasteiger partial charge is 0.354 e. The molecule has 3 rings (SSSR count). The summed E-state index contributed by atoms with van der Waals surface area (Å²) in [6.07, 6.45) is 0. The van der Waals surface area contributed by atoms with Crippen molar-refractivity contribution in [1.82, 2.24) is 4.98 Å². The first-order valence-corrected chi connectivity index (χ1v) is 7.56. The number of pyridine rings is 1. The molecule has 1 aromatic heterocycles. The number of halogens is 1. The van der Waals surface area contributed by atoms with E-state index in [0.29, 0.717) is 15.9 Å². The Hall–Kier alpha value is -2.59. The molecule has 0 aliphatic carbocycles. The van der Waals surface area contributed by atoms with Crippen LogP contribution in [0.1, 0.15) is 17.4 Å². The Labute approximate surface area is 137 Å². The van der Waals surface area contributed by atoms with Gasteiger partial charge >= 0.3 is 5.97 Å². The van der Waals surface area contributed by atoms with Gasteiger partial charge in [-0.1, -0.05) is 29.8 Å². The van der Waals surface area contributed by atoms with Gasteiger partial charge < -0.3 is 9.72 Å². The molecule has 5 heteroatoms. The number of rotatable bonds is 3. The predicted molar refractivity (Wildman–Crippen MR) is 91.0 cm³/mol. The fraction of sp³-hybridized carbons (Fsp3) is 0.111. The molecule has 0 atom stereocenters. The maximum absolute atomic E-state index is 12.2. The Bertz CT molecular complexity index is 929. The molecule has 0 saturated heterocycles. The van der Waals surface area contributed by atoms with Crippen molar-refractivity contribution in [3.05, 3.63) is 69.5 Å². The van der Waals surface area contributed by atoms with E-state index in [1.54, 1.807) is 25.1 Å². The Balaban J connectivity index is 2.12. The molecule has 0 radical (unpaired) electrons. The van der Waals surface area contributed by atoms with Crippen LogP contribution in [-0.4, -0.2) is 17.6 Å². The number of carbonyl (C=O) groups excluding carboxylic acids is 1. The van der Waals surface area contributed by atoms with Crippen LogP contribution in [0, 0.1) is 0 Å². The molecular weight excluding hydrogens is 314 g/mol. The van der Waals surface area contributed by atoms with Crippen molar-refractivity contribution in [2.75, 3.05) is 6.61 Å². The molecule has 0 amide bonds. The minimum atomic E-state index is -0.539. The number of hydrogen-bond donors (Lipinski definition) is 1. The van der Waals surface area contributed by atoms with Crippen LogP contribution in [0.4, 0.5) is 0 Å². The van der Waals surface area contributed by atoms with Gasteiger partial charge in [0.1, 0.15) is 5.69 Å². The van der Waals surface area contributed by atoms with Gasteiger partial charge in [-0.15, -0.1) is 0 Å². The lowest BCUT2D eigenvalue weighted by atomic mass is 10.0. The summed E-state index contributed by atoms with van der Waals surface area (Å²) in [6, 6.07) is 14.1. The Morgan fingerprint density at radius 2 is 1.78 bits per heavy atom. The predicted octanol–water partition coefficient (Wildman–Crippen LogP) is 4.03. The topological polar surface area (TPSA) is 59.2 Å². The monoisotopic (exact) mass is 327 g/mol. The van der Waals surface area contributed by atoms with Crippen LogP contribution in [0.15, 0.2) is 53.3 Å². The van der Waals surface area contributed by atoms with Crippen LogP contribution in [0.3, 0.4) is 0 Å². The minimum Gasteiger partial charge on any atom is -0.461 e. The molecule has 2 aromatic carbocycles. The van der Waals surface area contributed by atoms with Crippen molar-refractivity contribution >= 4 is 28.5 Å². The zero-order valence-corrected chi connectivity index (χ0v) is 13.2. The SMILES string of the molecule is CCOC(=O)c1cc(=O)c2ccc(-c3ccc(Cl)cc3)cc2[nH]1. The van der Waals surface area contributed by atoms with Crippen molar-refractivity contribution in [1.29, 1.82) is 0 Å². The van der Waals surface area contributed by atoms with Crippen molar-refractivity contribution in [2.45, 2.75) is 6.92 Å². The Morgan fingerprint density at radius 1 is 1.09 bits per heavy atom. The fourth-order valence-corrected chi connectivity index (χ4v) is 2.52. The molecule has 116 valence electrons. The highest BCUT2D eigenvalue weighted by atomic mass is 35.5. The Morgan fingerprint density at radius 3 is 2.48 bits per heavy atom. The Kier molecular flexibility index (Phi) is 4.17. The van der Waals surface area contributed by atoms with E-state index in [2.05, 4.69) is 4.98 Å². The summed E-state index contributed by atoms with van der Waals surface area (Å²) in [5.74, 6) is -0.539. The molecule has 1 N–H and O–H groups in total. The van der Waals surface area contributed by atoms with Gasteiger partial charge in [-0.3, -0.25) is 4.79 Å². The number of carbonyl (C=O) groups is 1. The van der Waals surface area contributed by atoms with Crippen LogP contribution >= 0.6 is 11.6 Å². The third kappa shape index (κ3) is 3.12. The van der Waals surface area contributed by atoms with E-state index in [1.165, 1.54) is 6.07 Å². The number of fused-ring (bicyclic) bond motifs is 1. The van der Waals surface area contributed by atoms with E-state index >= 15 is 0 Å². The molecule has 0 unspecified atom stereocenters. The lowest BCUT2D eigenvalue weighted by Crippen LogP contribution is -2.12. The molecule has 0 aliphatic rings. The maximum atomic E-state index is 12.2. The first kappa shape index (κ1) is 15.3.